The topological polar surface area (TPSA) is 55.5 Å². The van der Waals surface area contributed by atoms with Crippen LogP contribution < -0.4 is 5.73 Å². The van der Waals surface area contributed by atoms with Crippen molar-refractivity contribution < 1.29 is 9.84 Å². The molecule has 1 aliphatic rings. The summed E-state index contributed by atoms with van der Waals surface area (Å²) in [5.41, 5.74) is 5.78. The van der Waals surface area contributed by atoms with E-state index >= 15 is 0 Å². The fourth-order valence-electron chi connectivity index (χ4n) is 2.85. The molecule has 0 aromatic heterocycles. The molecule has 1 rings (SSSR count). The summed E-state index contributed by atoms with van der Waals surface area (Å²) >= 11 is 0. The Kier molecular flexibility index (Phi) is 4.99. The average Bonchev–Trinajstić information content (AvgIpc) is 2.49. The van der Waals surface area contributed by atoms with E-state index in [-0.39, 0.29) is 16.9 Å². The summed E-state index contributed by atoms with van der Waals surface area (Å²) in [4.78, 5) is 0. The van der Waals surface area contributed by atoms with Gasteiger partial charge in [-0.2, -0.15) is 0 Å². The minimum atomic E-state index is -0.303. The second-order valence-corrected chi connectivity index (χ2v) is 6.68. The fourth-order valence-corrected chi connectivity index (χ4v) is 2.85. The van der Waals surface area contributed by atoms with Gasteiger partial charge in [-0.3, -0.25) is 0 Å². The first-order valence-corrected chi connectivity index (χ1v) is 6.80. The van der Waals surface area contributed by atoms with Gasteiger partial charge in [-0.1, -0.05) is 27.7 Å². The van der Waals surface area contributed by atoms with E-state index in [1.54, 1.807) is 0 Å². The van der Waals surface area contributed by atoms with Crippen LogP contribution in [0.2, 0.25) is 0 Å². The smallest absolute Gasteiger partial charge is 0.0660 e. The summed E-state index contributed by atoms with van der Waals surface area (Å²) in [5, 5.41) is 10.4. The summed E-state index contributed by atoms with van der Waals surface area (Å²) in [7, 11) is 0. The number of nitrogens with two attached hydrogens (primary N) is 1. The number of hydrogen-bond donors (Lipinski definition) is 2. The molecule has 102 valence electrons. The van der Waals surface area contributed by atoms with Gasteiger partial charge in [0.25, 0.3) is 0 Å². The molecule has 0 aromatic rings. The van der Waals surface area contributed by atoms with Gasteiger partial charge in [0.05, 0.1) is 6.10 Å². The molecule has 0 bridgehead atoms. The van der Waals surface area contributed by atoms with Crippen LogP contribution >= 0.6 is 0 Å². The van der Waals surface area contributed by atoms with Gasteiger partial charge < -0.3 is 15.6 Å². The van der Waals surface area contributed by atoms with E-state index in [1.165, 1.54) is 0 Å². The third-order valence-electron chi connectivity index (χ3n) is 4.19. The van der Waals surface area contributed by atoms with Gasteiger partial charge in [-0.15, -0.1) is 0 Å². The molecule has 0 amide bonds. The lowest BCUT2D eigenvalue weighted by atomic mass is 9.76. The molecule has 3 nitrogen and oxygen atoms in total. The minimum Gasteiger partial charge on any atom is -0.392 e. The molecule has 1 aliphatic carbocycles. The molecule has 0 heterocycles. The molecule has 0 radical (unpaired) electrons. The Bertz CT molecular complexity index is 240. The first kappa shape index (κ1) is 14.9. The van der Waals surface area contributed by atoms with E-state index in [2.05, 4.69) is 27.7 Å². The van der Waals surface area contributed by atoms with Crippen LogP contribution in [0.25, 0.3) is 0 Å². The van der Waals surface area contributed by atoms with Crippen LogP contribution in [-0.2, 0) is 4.74 Å². The van der Waals surface area contributed by atoms with Crippen LogP contribution in [0.15, 0.2) is 0 Å². The van der Waals surface area contributed by atoms with E-state index in [9.17, 15) is 5.11 Å². The largest absolute Gasteiger partial charge is 0.392 e. The molecule has 1 saturated carbocycles. The van der Waals surface area contributed by atoms with E-state index < -0.39 is 0 Å². The average molecular weight is 243 g/mol. The van der Waals surface area contributed by atoms with Gasteiger partial charge in [-0.25, -0.2) is 0 Å². The first-order chi connectivity index (χ1) is 7.84. The van der Waals surface area contributed by atoms with Crippen molar-refractivity contribution in [1.82, 2.24) is 0 Å². The van der Waals surface area contributed by atoms with E-state index in [4.69, 9.17) is 10.5 Å². The van der Waals surface area contributed by atoms with Crippen LogP contribution in [0.3, 0.4) is 0 Å². The number of ether oxygens (including phenoxy) is 1. The normalized spacial score (nSPS) is 32.3. The molecular weight excluding hydrogens is 214 g/mol. The van der Waals surface area contributed by atoms with Gasteiger partial charge in [0, 0.05) is 25.2 Å². The molecule has 17 heavy (non-hydrogen) atoms. The highest BCUT2D eigenvalue weighted by atomic mass is 16.5. The maximum absolute atomic E-state index is 10.4. The minimum absolute atomic E-state index is 0.00256. The fraction of sp³-hybridized carbons (Fsp3) is 1.00. The third kappa shape index (κ3) is 3.43. The van der Waals surface area contributed by atoms with Crippen molar-refractivity contribution in [3.05, 3.63) is 0 Å². The third-order valence-corrected chi connectivity index (χ3v) is 4.19. The van der Waals surface area contributed by atoms with Crippen LogP contribution in [0.4, 0.5) is 0 Å². The summed E-state index contributed by atoms with van der Waals surface area (Å²) in [6, 6.07) is 0. The SMILES string of the molecule is CC(C)COCCC1(CN)CCC(C)(C)C1O. The highest BCUT2D eigenvalue weighted by Crippen LogP contribution is 2.50. The molecular formula is C14H29NO2. The lowest BCUT2D eigenvalue weighted by Crippen LogP contribution is -2.43. The van der Waals surface area contributed by atoms with E-state index in [0.29, 0.717) is 19.1 Å². The Hall–Kier alpha value is -0.120. The summed E-state index contributed by atoms with van der Waals surface area (Å²) in [6.45, 7) is 10.6. The quantitative estimate of drug-likeness (QED) is 0.703. The van der Waals surface area contributed by atoms with Crippen LogP contribution in [0.1, 0.15) is 47.0 Å². The van der Waals surface area contributed by atoms with Crippen molar-refractivity contribution >= 4 is 0 Å². The molecule has 0 spiro atoms. The zero-order chi connectivity index (χ0) is 13.1. The Morgan fingerprint density at radius 1 is 1.35 bits per heavy atom. The Morgan fingerprint density at radius 2 is 2.00 bits per heavy atom. The van der Waals surface area contributed by atoms with Crippen LogP contribution in [0.5, 0.6) is 0 Å². The van der Waals surface area contributed by atoms with Gasteiger partial charge in [0.2, 0.25) is 0 Å². The van der Waals surface area contributed by atoms with Crippen molar-refractivity contribution in [3.63, 3.8) is 0 Å². The second kappa shape index (κ2) is 5.68. The summed E-state index contributed by atoms with van der Waals surface area (Å²) in [6.07, 6.45) is 2.64. The van der Waals surface area contributed by atoms with Crippen molar-refractivity contribution in [2.45, 2.75) is 53.1 Å². The molecule has 1 fully saturated rings. The van der Waals surface area contributed by atoms with Crippen LogP contribution in [0, 0.1) is 16.7 Å². The lowest BCUT2D eigenvalue weighted by molar-refractivity contribution is -0.0253. The highest BCUT2D eigenvalue weighted by molar-refractivity contribution is 5.01. The Morgan fingerprint density at radius 3 is 2.41 bits per heavy atom. The number of rotatable bonds is 6. The molecule has 0 saturated heterocycles. The van der Waals surface area contributed by atoms with Gasteiger partial charge in [0.15, 0.2) is 0 Å². The number of aliphatic hydroxyl groups is 1. The second-order valence-electron chi connectivity index (χ2n) is 6.68. The van der Waals surface area contributed by atoms with Crippen molar-refractivity contribution in [2.75, 3.05) is 19.8 Å². The standard InChI is InChI=1S/C14H29NO2/c1-11(2)9-17-8-7-14(10-15)6-5-13(3,4)12(14)16/h11-12,16H,5-10,15H2,1-4H3. The lowest BCUT2D eigenvalue weighted by Gasteiger charge is -2.35. The first-order valence-electron chi connectivity index (χ1n) is 6.80. The maximum atomic E-state index is 10.4. The monoisotopic (exact) mass is 243 g/mol. The Balaban J connectivity index is 2.48. The number of hydrogen-bond acceptors (Lipinski definition) is 3. The molecule has 0 aliphatic heterocycles. The van der Waals surface area contributed by atoms with E-state index in [1.807, 2.05) is 0 Å². The molecule has 2 unspecified atom stereocenters. The van der Waals surface area contributed by atoms with E-state index in [0.717, 1.165) is 25.9 Å². The zero-order valence-corrected chi connectivity index (χ0v) is 11.8. The molecule has 2 atom stereocenters. The van der Waals surface area contributed by atoms with Gasteiger partial charge in [-0.05, 0) is 30.6 Å². The van der Waals surface area contributed by atoms with Gasteiger partial charge in [0.1, 0.15) is 0 Å². The predicted molar refractivity (Wildman–Crippen MR) is 70.8 cm³/mol. The highest BCUT2D eigenvalue weighted by Gasteiger charge is 2.50. The molecule has 0 aromatic carbocycles. The summed E-state index contributed by atoms with van der Waals surface area (Å²) < 4.78 is 5.63. The maximum Gasteiger partial charge on any atom is 0.0660 e. The zero-order valence-electron chi connectivity index (χ0n) is 11.8. The van der Waals surface area contributed by atoms with Crippen LogP contribution in [-0.4, -0.2) is 31.0 Å². The predicted octanol–water partition coefficient (Wildman–Crippen LogP) is 2.18. The van der Waals surface area contributed by atoms with Crippen molar-refractivity contribution in [2.24, 2.45) is 22.5 Å². The van der Waals surface area contributed by atoms with Crippen molar-refractivity contribution in [3.8, 4) is 0 Å². The molecule has 3 N–H and O–H groups in total. The summed E-state index contributed by atoms with van der Waals surface area (Å²) in [5.74, 6) is 0.564. The van der Waals surface area contributed by atoms with Gasteiger partial charge >= 0.3 is 0 Å². The Labute approximate surface area is 106 Å². The number of aliphatic hydroxyl groups excluding tert-OH is 1. The van der Waals surface area contributed by atoms with Crippen molar-refractivity contribution in [1.29, 1.82) is 0 Å². The molecule has 3 heteroatoms.